The van der Waals surface area contributed by atoms with Gasteiger partial charge < -0.3 is 9.84 Å². The minimum absolute atomic E-state index is 0.189. The molecule has 1 saturated heterocycles. The molecule has 1 aliphatic rings. The Morgan fingerprint density at radius 1 is 1.58 bits per heavy atom. The molecule has 19 heavy (non-hydrogen) atoms. The largest absolute Gasteiger partial charge is 0.481 e. The number of pyridine rings is 1. The summed E-state index contributed by atoms with van der Waals surface area (Å²) in [4.78, 5) is 27.1. The van der Waals surface area contributed by atoms with Gasteiger partial charge in [-0.3, -0.25) is 19.9 Å². The number of ether oxygens (including phenoxy) is 1. The molecule has 2 N–H and O–H groups in total. The monoisotopic (exact) mass is 264 g/mol. The molecule has 1 aromatic heterocycles. The smallest absolute Gasteiger partial charge is 0.325 e. The molecule has 6 nitrogen and oxygen atoms in total. The molecule has 0 radical (unpaired) electrons. The third-order valence-corrected chi connectivity index (χ3v) is 3.50. The highest BCUT2D eigenvalue weighted by atomic mass is 16.5. The Kier molecular flexibility index (Phi) is 3.53. The minimum Gasteiger partial charge on any atom is -0.481 e. The van der Waals surface area contributed by atoms with Crippen molar-refractivity contribution in [1.82, 2.24) is 10.3 Å². The third kappa shape index (κ3) is 2.44. The van der Waals surface area contributed by atoms with Gasteiger partial charge in [-0.05, 0) is 25.0 Å². The maximum atomic E-state index is 11.8. The van der Waals surface area contributed by atoms with Gasteiger partial charge in [-0.1, -0.05) is 6.07 Å². The molecule has 0 unspecified atom stereocenters. The second-order valence-corrected chi connectivity index (χ2v) is 4.88. The van der Waals surface area contributed by atoms with Gasteiger partial charge in [0, 0.05) is 18.4 Å². The average Bonchev–Trinajstić information content (AvgIpc) is 2.78. The summed E-state index contributed by atoms with van der Waals surface area (Å²) in [7, 11) is 1.29. The molecule has 2 heterocycles. The lowest BCUT2D eigenvalue weighted by atomic mass is 9.91. The highest BCUT2D eigenvalue weighted by Crippen LogP contribution is 2.38. The van der Waals surface area contributed by atoms with Crippen molar-refractivity contribution in [2.24, 2.45) is 5.92 Å². The summed E-state index contributed by atoms with van der Waals surface area (Å²) in [5.41, 5.74) is -0.235. The van der Waals surface area contributed by atoms with Crippen molar-refractivity contribution >= 4 is 11.9 Å². The molecular formula is C13H16N2O4. The van der Waals surface area contributed by atoms with E-state index in [0.29, 0.717) is 0 Å². The predicted molar refractivity (Wildman–Crippen MR) is 66.3 cm³/mol. The van der Waals surface area contributed by atoms with Crippen LogP contribution in [0.25, 0.3) is 0 Å². The average molecular weight is 264 g/mol. The van der Waals surface area contributed by atoms with Crippen LogP contribution >= 0.6 is 0 Å². The van der Waals surface area contributed by atoms with E-state index in [2.05, 4.69) is 10.3 Å². The molecular weight excluding hydrogens is 248 g/mol. The Labute approximate surface area is 110 Å². The highest BCUT2D eigenvalue weighted by molar-refractivity contribution is 5.83. The number of carboxylic acids is 1. The number of rotatable bonds is 3. The van der Waals surface area contributed by atoms with E-state index >= 15 is 0 Å². The molecule has 6 heteroatoms. The van der Waals surface area contributed by atoms with E-state index < -0.39 is 29.4 Å². The van der Waals surface area contributed by atoms with E-state index in [0.717, 1.165) is 5.56 Å². The van der Waals surface area contributed by atoms with Crippen LogP contribution in [0.2, 0.25) is 0 Å². The third-order valence-electron chi connectivity index (χ3n) is 3.50. The lowest BCUT2D eigenvalue weighted by Gasteiger charge is -2.22. The zero-order valence-electron chi connectivity index (χ0n) is 10.8. The summed E-state index contributed by atoms with van der Waals surface area (Å²) >= 11 is 0. The van der Waals surface area contributed by atoms with Gasteiger partial charge >= 0.3 is 11.9 Å². The molecule has 102 valence electrons. The van der Waals surface area contributed by atoms with Crippen LogP contribution in [0.4, 0.5) is 0 Å². The number of aliphatic carboxylic acids is 1. The predicted octanol–water partition coefficient (Wildman–Crippen LogP) is 0.748. The van der Waals surface area contributed by atoms with Crippen molar-refractivity contribution in [3.05, 3.63) is 30.1 Å². The van der Waals surface area contributed by atoms with Crippen LogP contribution < -0.4 is 5.32 Å². The first-order chi connectivity index (χ1) is 8.98. The molecule has 1 aliphatic heterocycles. The van der Waals surface area contributed by atoms with Crippen LogP contribution in [-0.2, 0) is 14.3 Å². The first kappa shape index (κ1) is 13.5. The zero-order valence-corrected chi connectivity index (χ0v) is 10.8. The Morgan fingerprint density at radius 3 is 2.84 bits per heavy atom. The summed E-state index contributed by atoms with van der Waals surface area (Å²) in [6, 6.07) is 3.09. The Morgan fingerprint density at radius 2 is 2.32 bits per heavy atom. The fraction of sp³-hybridized carbons (Fsp3) is 0.462. The first-order valence-corrected chi connectivity index (χ1v) is 5.97. The maximum absolute atomic E-state index is 11.8. The van der Waals surface area contributed by atoms with Gasteiger partial charge in [-0.2, -0.15) is 0 Å². The zero-order chi connectivity index (χ0) is 14.0. The van der Waals surface area contributed by atoms with Crippen molar-refractivity contribution in [1.29, 1.82) is 0 Å². The Hall–Kier alpha value is -1.95. The molecule has 0 saturated carbocycles. The van der Waals surface area contributed by atoms with Gasteiger partial charge in [0.25, 0.3) is 0 Å². The number of carbonyl (C=O) groups is 2. The number of hydrogen-bond donors (Lipinski definition) is 2. The lowest BCUT2D eigenvalue weighted by molar-refractivity contribution is -0.147. The van der Waals surface area contributed by atoms with Gasteiger partial charge in [0.2, 0.25) is 0 Å². The van der Waals surface area contributed by atoms with Gasteiger partial charge in [0.1, 0.15) is 5.54 Å². The number of nitrogens with zero attached hydrogens (tertiary/aromatic N) is 1. The molecule has 0 aromatic carbocycles. The van der Waals surface area contributed by atoms with Crippen LogP contribution in [0, 0.1) is 5.92 Å². The molecule has 0 spiro atoms. The molecule has 0 amide bonds. The first-order valence-electron chi connectivity index (χ1n) is 5.97. The fourth-order valence-corrected chi connectivity index (χ4v) is 2.53. The van der Waals surface area contributed by atoms with E-state index in [1.54, 1.807) is 31.5 Å². The summed E-state index contributed by atoms with van der Waals surface area (Å²) < 4.78 is 4.74. The van der Waals surface area contributed by atoms with E-state index in [4.69, 9.17) is 4.74 Å². The normalized spacial score (nSPS) is 30.0. The maximum Gasteiger partial charge on any atom is 0.325 e. The van der Waals surface area contributed by atoms with E-state index in [9.17, 15) is 14.7 Å². The van der Waals surface area contributed by atoms with Gasteiger partial charge in [0.15, 0.2) is 0 Å². The van der Waals surface area contributed by atoms with Gasteiger partial charge in [-0.25, -0.2) is 0 Å². The number of esters is 1. The van der Waals surface area contributed by atoms with Crippen molar-refractivity contribution in [3.63, 3.8) is 0 Å². The highest BCUT2D eigenvalue weighted by Gasteiger charge is 2.50. The van der Waals surface area contributed by atoms with E-state index in [-0.39, 0.29) is 6.42 Å². The van der Waals surface area contributed by atoms with E-state index in [1.807, 2.05) is 0 Å². The van der Waals surface area contributed by atoms with Crippen molar-refractivity contribution < 1.29 is 19.4 Å². The molecule has 0 aliphatic carbocycles. The molecule has 0 bridgehead atoms. The van der Waals surface area contributed by atoms with Crippen LogP contribution in [0.3, 0.4) is 0 Å². The molecule has 1 aromatic rings. The number of methoxy groups -OCH3 is 1. The second kappa shape index (κ2) is 4.97. The number of aromatic nitrogens is 1. The minimum atomic E-state index is -0.988. The van der Waals surface area contributed by atoms with Crippen LogP contribution in [0.5, 0.6) is 0 Å². The standard InChI is InChI=1S/C13H16N2O4/c1-13(12(18)19-2)6-9(11(16)17)10(15-13)8-4-3-5-14-7-8/h3-5,7,9-10,15H,6H2,1-2H3,(H,16,17)/t9-,10-,13-/m0/s1. The Balaban J connectivity index is 2.33. The van der Waals surface area contributed by atoms with Gasteiger partial charge in [0.05, 0.1) is 13.0 Å². The summed E-state index contributed by atoms with van der Waals surface area (Å²) in [6.07, 6.45) is 3.42. The van der Waals surface area contributed by atoms with Crippen molar-refractivity contribution in [3.8, 4) is 0 Å². The topological polar surface area (TPSA) is 88.5 Å². The summed E-state index contributed by atoms with van der Waals surface area (Å²) in [5, 5.41) is 12.4. The molecule has 2 rings (SSSR count). The SMILES string of the molecule is COC(=O)[C@]1(C)C[C@H](C(=O)O)[C@H](c2cccnc2)N1. The summed E-state index contributed by atoms with van der Waals surface area (Å²) in [5.74, 6) is -2.08. The number of carboxylic acid groups (broad SMARTS) is 1. The van der Waals surface area contributed by atoms with Crippen LogP contribution in [0.1, 0.15) is 24.9 Å². The van der Waals surface area contributed by atoms with Crippen molar-refractivity contribution in [2.45, 2.75) is 24.9 Å². The molecule has 3 atom stereocenters. The Bertz CT molecular complexity index is 491. The lowest BCUT2D eigenvalue weighted by Crippen LogP contribution is -2.45. The number of nitrogens with one attached hydrogen (secondary N) is 1. The van der Waals surface area contributed by atoms with Crippen LogP contribution in [-0.4, -0.2) is 34.7 Å². The second-order valence-electron chi connectivity index (χ2n) is 4.88. The van der Waals surface area contributed by atoms with Crippen molar-refractivity contribution in [2.75, 3.05) is 7.11 Å². The van der Waals surface area contributed by atoms with Crippen LogP contribution in [0.15, 0.2) is 24.5 Å². The number of hydrogen-bond acceptors (Lipinski definition) is 5. The summed E-state index contributed by atoms with van der Waals surface area (Å²) in [6.45, 7) is 1.66. The fourth-order valence-electron chi connectivity index (χ4n) is 2.53. The molecule has 1 fully saturated rings. The quantitative estimate of drug-likeness (QED) is 0.783. The van der Waals surface area contributed by atoms with E-state index in [1.165, 1.54) is 7.11 Å². The van der Waals surface area contributed by atoms with Gasteiger partial charge in [-0.15, -0.1) is 0 Å². The number of carbonyl (C=O) groups excluding carboxylic acids is 1.